The van der Waals surface area contributed by atoms with E-state index in [1.54, 1.807) is 26.4 Å². The van der Waals surface area contributed by atoms with Crippen LogP contribution in [-0.2, 0) is 10.3 Å². The van der Waals surface area contributed by atoms with Crippen molar-refractivity contribution >= 4 is 16.6 Å². The molecule has 0 bridgehead atoms. The van der Waals surface area contributed by atoms with Crippen LogP contribution in [0.15, 0.2) is 35.0 Å². The predicted octanol–water partition coefficient (Wildman–Crippen LogP) is 2.11. The normalized spacial score (nSPS) is 15.9. The van der Waals surface area contributed by atoms with Crippen LogP contribution in [-0.4, -0.2) is 26.7 Å². The molecule has 0 radical (unpaired) electrons. The first kappa shape index (κ1) is 14.4. The summed E-state index contributed by atoms with van der Waals surface area (Å²) in [5, 5.41) is 20.9. The topological polar surface area (TPSA) is 92.4 Å². The second kappa shape index (κ2) is 4.76. The van der Waals surface area contributed by atoms with Crippen molar-refractivity contribution in [3.8, 4) is 11.6 Å². The Bertz CT molecular complexity index is 1130. The lowest BCUT2D eigenvalue weighted by Crippen LogP contribution is -2.32. The van der Waals surface area contributed by atoms with Gasteiger partial charge in [-0.05, 0) is 18.9 Å². The zero-order valence-corrected chi connectivity index (χ0v) is 13.8. The number of methoxy groups -OCH3 is 1. The van der Waals surface area contributed by atoms with E-state index in [1.807, 2.05) is 22.6 Å². The van der Waals surface area contributed by atoms with Crippen LogP contribution in [0.5, 0.6) is 0 Å². The number of benzene rings is 1. The Balaban J connectivity index is 1.76. The maximum atomic E-state index is 12.6. The van der Waals surface area contributed by atoms with Crippen molar-refractivity contribution in [2.45, 2.75) is 25.4 Å². The quantitative estimate of drug-likeness (QED) is 0.420. The SMILES string of the molecule is COC1(c2nnc(-c3ncn4c3c(C)[n+]([O-])c3ccccc34)o2)CC1. The Morgan fingerprint density at radius 3 is 2.84 bits per heavy atom. The highest BCUT2D eigenvalue weighted by Crippen LogP contribution is 2.48. The van der Waals surface area contributed by atoms with Crippen LogP contribution in [0.3, 0.4) is 0 Å². The number of nitrogens with zero attached hydrogens (tertiary/aromatic N) is 5. The Morgan fingerprint density at radius 1 is 1.28 bits per heavy atom. The number of fused-ring (bicyclic) bond motifs is 3. The molecule has 3 heterocycles. The number of aromatic nitrogens is 5. The summed E-state index contributed by atoms with van der Waals surface area (Å²) in [7, 11) is 1.64. The zero-order chi connectivity index (χ0) is 17.2. The van der Waals surface area contributed by atoms with Crippen LogP contribution in [0.25, 0.3) is 28.1 Å². The summed E-state index contributed by atoms with van der Waals surface area (Å²) in [6.45, 7) is 1.76. The first-order chi connectivity index (χ1) is 12.1. The Hall–Kier alpha value is -3.00. The molecule has 1 fully saturated rings. The average molecular weight is 337 g/mol. The number of imidazole rings is 1. The Labute approximate surface area is 142 Å². The minimum Gasteiger partial charge on any atom is -0.618 e. The number of ether oxygens (including phenoxy) is 1. The molecule has 0 unspecified atom stereocenters. The maximum Gasteiger partial charge on any atom is 0.268 e. The van der Waals surface area contributed by atoms with Gasteiger partial charge >= 0.3 is 0 Å². The summed E-state index contributed by atoms with van der Waals surface area (Å²) < 4.78 is 14.1. The molecule has 3 aromatic heterocycles. The van der Waals surface area contributed by atoms with Gasteiger partial charge in [0.05, 0.1) is 0 Å². The molecule has 0 amide bonds. The molecule has 126 valence electrons. The molecule has 1 aliphatic carbocycles. The van der Waals surface area contributed by atoms with E-state index in [4.69, 9.17) is 9.15 Å². The summed E-state index contributed by atoms with van der Waals surface area (Å²) in [6, 6.07) is 7.39. The molecule has 8 nitrogen and oxygen atoms in total. The highest BCUT2D eigenvalue weighted by atomic mass is 16.5. The molecule has 8 heteroatoms. The highest BCUT2D eigenvalue weighted by molar-refractivity contribution is 5.82. The van der Waals surface area contributed by atoms with Gasteiger partial charge in [-0.2, -0.15) is 4.73 Å². The van der Waals surface area contributed by atoms with Gasteiger partial charge in [0.2, 0.25) is 17.1 Å². The minimum absolute atomic E-state index is 0.291. The molecule has 1 saturated carbocycles. The molecule has 4 aromatic rings. The third-order valence-electron chi connectivity index (χ3n) is 4.89. The smallest absolute Gasteiger partial charge is 0.268 e. The largest absolute Gasteiger partial charge is 0.618 e. The molecular weight excluding hydrogens is 322 g/mol. The Morgan fingerprint density at radius 2 is 2.08 bits per heavy atom. The van der Waals surface area contributed by atoms with Gasteiger partial charge in [0.25, 0.3) is 5.89 Å². The van der Waals surface area contributed by atoms with E-state index in [1.165, 1.54) is 0 Å². The van der Waals surface area contributed by atoms with Gasteiger partial charge in [-0.3, -0.25) is 4.40 Å². The van der Waals surface area contributed by atoms with Gasteiger partial charge in [-0.15, -0.1) is 10.2 Å². The fourth-order valence-electron chi connectivity index (χ4n) is 3.27. The number of aryl methyl sites for hydroxylation is 1. The molecule has 1 aromatic carbocycles. The van der Waals surface area contributed by atoms with Gasteiger partial charge < -0.3 is 14.4 Å². The van der Waals surface area contributed by atoms with Gasteiger partial charge in [0.1, 0.15) is 23.0 Å². The first-order valence-corrected chi connectivity index (χ1v) is 8.02. The number of hydrogen-bond donors (Lipinski definition) is 0. The van der Waals surface area contributed by atoms with Crippen LogP contribution in [0.4, 0.5) is 0 Å². The number of para-hydroxylation sites is 2. The monoisotopic (exact) mass is 337 g/mol. The number of hydrogen-bond acceptors (Lipinski definition) is 6. The van der Waals surface area contributed by atoms with E-state index >= 15 is 0 Å². The van der Waals surface area contributed by atoms with Crippen molar-refractivity contribution in [3.63, 3.8) is 0 Å². The minimum atomic E-state index is -0.457. The van der Waals surface area contributed by atoms with E-state index in [9.17, 15) is 5.21 Å². The van der Waals surface area contributed by atoms with Gasteiger partial charge in [-0.25, -0.2) is 4.98 Å². The maximum absolute atomic E-state index is 12.6. The fourth-order valence-corrected chi connectivity index (χ4v) is 3.27. The van der Waals surface area contributed by atoms with Crippen molar-refractivity contribution < 1.29 is 13.9 Å². The fraction of sp³-hybridized carbons (Fsp3) is 0.294. The van der Waals surface area contributed by atoms with E-state index in [2.05, 4.69) is 15.2 Å². The van der Waals surface area contributed by atoms with Crippen molar-refractivity contribution in [1.82, 2.24) is 19.6 Å². The van der Waals surface area contributed by atoms with E-state index < -0.39 is 5.60 Å². The lowest BCUT2D eigenvalue weighted by Gasteiger charge is -2.08. The summed E-state index contributed by atoms with van der Waals surface area (Å²) >= 11 is 0. The third kappa shape index (κ3) is 1.85. The first-order valence-electron chi connectivity index (χ1n) is 8.02. The third-order valence-corrected chi connectivity index (χ3v) is 4.89. The van der Waals surface area contributed by atoms with Crippen molar-refractivity contribution in [2.24, 2.45) is 0 Å². The molecule has 0 aliphatic heterocycles. The summed E-state index contributed by atoms with van der Waals surface area (Å²) in [4.78, 5) is 4.43. The van der Waals surface area contributed by atoms with Gasteiger partial charge in [-0.1, -0.05) is 12.1 Å². The summed E-state index contributed by atoms with van der Waals surface area (Å²) in [5.74, 6) is 0.749. The predicted molar refractivity (Wildman–Crippen MR) is 87.6 cm³/mol. The highest BCUT2D eigenvalue weighted by Gasteiger charge is 2.50. The van der Waals surface area contributed by atoms with Crippen LogP contribution in [0, 0.1) is 12.1 Å². The zero-order valence-electron chi connectivity index (χ0n) is 13.8. The summed E-state index contributed by atoms with van der Waals surface area (Å²) in [5.41, 5.74) is 2.58. The Kier molecular flexibility index (Phi) is 2.73. The van der Waals surface area contributed by atoms with Crippen LogP contribution in [0.2, 0.25) is 0 Å². The molecule has 0 spiro atoms. The summed E-state index contributed by atoms with van der Waals surface area (Å²) in [6.07, 6.45) is 3.39. The lowest BCUT2D eigenvalue weighted by molar-refractivity contribution is -0.583. The molecule has 1 aliphatic rings. The van der Waals surface area contributed by atoms with E-state index in [0.29, 0.717) is 34.2 Å². The second-order valence-electron chi connectivity index (χ2n) is 6.29. The molecular formula is C17H15N5O3. The van der Waals surface area contributed by atoms with Crippen molar-refractivity contribution in [1.29, 1.82) is 0 Å². The number of rotatable bonds is 3. The van der Waals surface area contributed by atoms with E-state index in [-0.39, 0.29) is 0 Å². The van der Waals surface area contributed by atoms with Crippen molar-refractivity contribution in [3.05, 3.63) is 47.4 Å². The van der Waals surface area contributed by atoms with E-state index in [0.717, 1.165) is 23.1 Å². The molecule has 0 N–H and O–H groups in total. The average Bonchev–Trinajstić information content (AvgIpc) is 3.07. The second-order valence-corrected chi connectivity index (χ2v) is 6.29. The standard InChI is InChI=1S/C17H15N5O3/c1-10-14-13(15-19-20-16(25-15)17(24-2)7-8-17)18-9-21(14)11-5-3-4-6-12(11)22(10)23/h3-6,9H,7-8H2,1-2H3. The van der Waals surface area contributed by atoms with Crippen LogP contribution >= 0.6 is 0 Å². The van der Waals surface area contributed by atoms with Crippen LogP contribution < -0.4 is 4.73 Å². The van der Waals surface area contributed by atoms with Crippen molar-refractivity contribution in [2.75, 3.05) is 7.11 Å². The lowest BCUT2D eigenvalue weighted by atomic mass is 10.2. The van der Waals surface area contributed by atoms with Crippen LogP contribution in [0.1, 0.15) is 24.4 Å². The molecule has 5 rings (SSSR count). The molecule has 25 heavy (non-hydrogen) atoms. The van der Waals surface area contributed by atoms with Gasteiger partial charge in [0.15, 0.2) is 5.69 Å². The van der Waals surface area contributed by atoms with Gasteiger partial charge in [0, 0.05) is 20.1 Å². The molecule has 0 saturated heterocycles. The molecule has 0 atom stereocenters.